The van der Waals surface area contributed by atoms with Crippen LogP contribution in [0.2, 0.25) is 0 Å². The quantitative estimate of drug-likeness (QED) is 0.438. The number of carbonyl (C=O) groups is 1. The first-order chi connectivity index (χ1) is 6.15. The predicted octanol–water partition coefficient (Wildman–Crippen LogP) is -1.78. The lowest BCUT2D eigenvalue weighted by molar-refractivity contribution is -0.138. The van der Waals surface area contributed by atoms with Gasteiger partial charge in [-0.2, -0.15) is 15.4 Å². The third kappa shape index (κ3) is 2.23. The summed E-state index contributed by atoms with van der Waals surface area (Å²) in [7, 11) is 0. The van der Waals surface area contributed by atoms with E-state index in [0.717, 1.165) is 0 Å². The third-order valence-corrected chi connectivity index (χ3v) is 1.63. The average molecular weight is 185 g/mol. The Bertz CT molecular complexity index is 297. The van der Waals surface area contributed by atoms with Crippen LogP contribution in [0.25, 0.3) is 0 Å². The second kappa shape index (κ2) is 3.97. The molecule has 0 fully saturated rings. The highest BCUT2D eigenvalue weighted by Gasteiger charge is 2.16. The van der Waals surface area contributed by atoms with Crippen LogP contribution < -0.4 is 11.5 Å². The normalized spacial score (nSPS) is 12.8. The molecule has 72 valence electrons. The number of aromatic amines is 1. The van der Waals surface area contributed by atoms with Gasteiger partial charge < -0.3 is 16.6 Å². The van der Waals surface area contributed by atoms with E-state index in [9.17, 15) is 4.79 Å². The van der Waals surface area contributed by atoms with Gasteiger partial charge in [-0.15, -0.1) is 0 Å². The summed E-state index contributed by atoms with van der Waals surface area (Å²) in [6.07, 6.45) is 0.137. The molecule has 1 rings (SSSR count). The first-order valence-electron chi connectivity index (χ1n) is 3.72. The summed E-state index contributed by atoms with van der Waals surface area (Å²) in [4.78, 5) is 10.4. The number of aliphatic carboxylic acids is 1. The maximum Gasteiger partial charge on any atom is 0.320 e. The predicted molar refractivity (Wildman–Crippen MR) is 43.6 cm³/mol. The molecule has 0 aliphatic rings. The smallest absolute Gasteiger partial charge is 0.320 e. The van der Waals surface area contributed by atoms with Gasteiger partial charge in [0.15, 0.2) is 0 Å². The second-order valence-electron chi connectivity index (χ2n) is 2.57. The van der Waals surface area contributed by atoms with Crippen LogP contribution in [0.5, 0.6) is 0 Å². The zero-order valence-electron chi connectivity index (χ0n) is 6.90. The van der Waals surface area contributed by atoms with E-state index in [4.69, 9.17) is 16.6 Å². The molecule has 0 aliphatic heterocycles. The Kier molecular flexibility index (Phi) is 2.93. The van der Waals surface area contributed by atoms with Gasteiger partial charge >= 0.3 is 5.97 Å². The van der Waals surface area contributed by atoms with Gasteiger partial charge in [-0.05, 0) is 0 Å². The van der Waals surface area contributed by atoms with Gasteiger partial charge in [-0.3, -0.25) is 4.79 Å². The molecular weight excluding hydrogens is 174 g/mol. The fourth-order valence-corrected chi connectivity index (χ4v) is 0.897. The Morgan fingerprint density at radius 3 is 2.69 bits per heavy atom. The molecule has 0 radical (unpaired) electrons. The number of hydrogen-bond acceptors (Lipinski definition) is 5. The molecule has 1 aromatic heterocycles. The van der Waals surface area contributed by atoms with Crippen molar-refractivity contribution < 1.29 is 9.90 Å². The van der Waals surface area contributed by atoms with Gasteiger partial charge in [-0.1, -0.05) is 0 Å². The fourth-order valence-electron chi connectivity index (χ4n) is 0.897. The van der Waals surface area contributed by atoms with Crippen molar-refractivity contribution >= 4 is 5.97 Å². The molecule has 1 heterocycles. The fraction of sp³-hybridized carbons (Fsp3) is 0.500. The lowest BCUT2D eigenvalue weighted by Crippen LogP contribution is -2.32. The zero-order valence-corrected chi connectivity index (χ0v) is 6.90. The highest BCUT2D eigenvalue weighted by Crippen LogP contribution is 2.02. The van der Waals surface area contributed by atoms with E-state index in [0.29, 0.717) is 11.4 Å². The summed E-state index contributed by atoms with van der Waals surface area (Å²) in [6, 6.07) is -0.963. The van der Waals surface area contributed by atoms with E-state index in [2.05, 4.69) is 15.4 Å². The van der Waals surface area contributed by atoms with Crippen LogP contribution in [0.4, 0.5) is 0 Å². The Labute approximate surface area is 74.1 Å². The maximum absolute atomic E-state index is 10.4. The van der Waals surface area contributed by atoms with Gasteiger partial charge in [0.1, 0.15) is 6.04 Å². The standard InChI is InChI=1S/C6H11N5O2/c7-2-5-4(9-11-10-5)1-3(8)6(12)13/h3H,1-2,7-8H2,(H,12,13)(H,9,10,11)/t3-/m0/s1. The maximum atomic E-state index is 10.4. The number of rotatable bonds is 4. The van der Waals surface area contributed by atoms with Crippen LogP contribution >= 0.6 is 0 Å². The number of hydrogen-bond donors (Lipinski definition) is 4. The summed E-state index contributed by atoms with van der Waals surface area (Å²) in [5.41, 5.74) is 11.7. The van der Waals surface area contributed by atoms with Crippen molar-refractivity contribution in [1.29, 1.82) is 0 Å². The molecule has 0 spiro atoms. The lowest BCUT2D eigenvalue weighted by atomic mass is 10.1. The molecule has 13 heavy (non-hydrogen) atoms. The first-order valence-corrected chi connectivity index (χ1v) is 3.72. The minimum atomic E-state index is -1.06. The van der Waals surface area contributed by atoms with Crippen LogP contribution in [0.15, 0.2) is 0 Å². The van der Waals surface area contributed by atoms with E-state index in [1.807, 2.05) is 0 Å². The molecular formula is C6H11N5O2. The molecule has 0 amide bonds. The van der Waals surface area contributed by atoms with Crippen LogP contribution in [0.1, 0.15) is 11.4 Å². The Hall–Kier alpha value is -1.47. The van der Waals surface area contributed by atoms with Gasteiger partial charge in [0.05, 0.1) is 11.4 Å². The van der Waals surface area contributed by atoms with Crippen molar-refractivity contribution in [2.75, 3.05) is 0 Å². The van der Waals surface area contributed by atoms with Crippen molar-refractivity contribution in [2.45, 2.75) is 19.0 Å². The van der Waals surface area contributed by atoms with E-state index < -0.39 is 12.0 Å². The minimum absolute atomic E-state index is 0.137. The number of nitrogens with zero attached hydrogens (tertiary/aromatic N) is 2. The summed E-state index contributed by atoms with van der Waals surface area (Å²) < 4.78 is 0. The molecule has 7 heteroatoms. The molecule has 0 aromatic carbocycles. The van der Waals surface area contributed by atoms with Crippen LogP contribution in [-0.4, -0.2) is 32.5 Å². The van der Waals surface area contributed by atoms with Crippen molar-refractivity contribution in [3.8, 4) is 0 Å². The number of H-pyrrole nitrogens is 1. The summed E-state index contributed by atoms with van der Waals surface area (Å²) >= 11 is 0. The molecule has 0 bridgehead atoms. The second-order valence-corrected chi connectivity index (χ2v) is 2.57. The third-order valence-electron chi connectivity index (χ3n) is 1.63. The lowest BCUT2D eigenvalue weighted by Gasteiger charge is -2.03. The van der Waals surface area contributed by atoms with Gasteiger partial charge in [0.25, 0.3) is 0 Å². The first kappa shape index (κ1) is 9.62. The molecule has 1 aromatic rings. The molecule has 1 atom stereocenters. The van der Waals surface area contributed by atoms with E-state index in [1.165, 1.54) is 0 Å². The number of nitrogens with one attached hydrogen (secondary N) is 1. The van der Waals surface area contributed by atoms with Crippen molar-refractivity contribution in [1.82, 2.24) is 15.4 Å². The average Bonchev–Trinajstić information content (AvgIpc) is 2.51. The van der Waals surface area contributed by atoms with Gasteiger partial charge in [0.2, 0.25) is 0 Å². The van der Waals surface area contributed by atoms with E-state index in [-0.39, 0.29) is 13.0 Å². The molecule has 0 saturated carbocycles. The molecule has 0 aliphatic carbocycles. The molecule has 0 unspecified atom stereocenters. The van der Waals surface area contributed by atoms with Crippen LogP contribution in [0.3, 0.4) is 0 Å². The summed E-state index contributed by atoms with van der Waals surface area (Å²) in [5, 5.41) is 18.4. The molecule has 6 N–H and O–H groups in total. The molecule has 7 nitrogen and oxygen atoms in total. The number of carboxylic acid groups (broad SMARTS) is 1. The summed E-state index contributed by atoms with van der Waals surface area (Å²) in [6.45, 7) is 0.220. The Morgan fingerprint density at radius 1 is 1.54 bits per heavy atom. The van der Waals surface area contributed by atoms with Crippen molar-refractivity contribution in [2.24, 2.45) is 11.5 Å². The zero-order chi connectivity index (χ0) is 9.84. The highest BCUT2D eigenvalue weighted by atomic mass is 16.4. The van der Waals surface area contributed by atoms with Crippen molar-refractivity contribution in [3.63, 3.8) is 0 Å². The minimum Gasteiger partial charge on any atom is -0.480 e. The van der Waals surface area contributed by atoms with Crippen LogP contribution in [0, 0.1) is 0 Å². The number of nitrogens with two attached hydrogens (primary N) is 2. The van der Waals surface area contributed by atoms with E-state index >= 15 is 0 Å². The SMILES string of the molecule is NCc1n[nH]nc1C[C@H](N)C(=O)O. The highest BCUT2D eigenvalue weighted by molar-refractivity contribution is 5.73. The van der Waals surface area contributed by atoms with Crippen molar-refractivity contribution in [3.05, 3.63) is 11.4 Å². The van der Waals surface area contributed by atoms with Gasteiger partial charge in [0, 0.05) is 13.0 Å². The monoisotopic (exact) mass is 185 g/mol. The van der Waals surface area contributed by atoms with E-state index in [1.54, 1.807) is 0 Å². The number of carboxylic acids is 1. The number of aromatic nitrogens is 3. The largest absolute Gasteiger partial charge is 0.480 e. The Morgan fingerprint density at radius 2 is 2.15 bits per heavy atom. The topological polar surface area (TPSA) is 131 Å². The van der Waals surface area contributed by atoms with Crippen LogP contribution in [-0.2, 0) is 17.8 Å². The Balaban J connectivity index is 2.68. The molecule has 0 saturated heterocycles. The summed E-state index contributed by atoms with van der Waals surface area (Å²) in [5.74, 6) is -1.06. The van der Waals surface area contributed by atoms with Gasteiger partial charge in [-0.25, -0.2) is 0 Å².